The first-order chi connectivity index (χ1) is 6.12. The SMILES string of the molecule is CCC(C)(CC)c1ncc(O)cn1. The summed E-state index contributed by atoms with van der Waals surface area (Å²) in [6.45, 7) is 6.39. The Bertz CT molecular complexity index is 265. The van der Waals surface area contributed by atoms with Gasteiger partial charge in [-0.3, -0.25) is 0 Å². The number of aromatic hydroxyl groups is 1. The molecular formula is C10H16N2O. The topological polar surface area (TPSA) is 46.0 Å². The Labute approximate surface area is 78.9 Å². The van der Waals surface area contributed by atoms with Crippen molar-refractivity contribution >= 4 is 0 Å². The Morgan fingerprint density at radius 3 is 2.08 bits per heavy atom. The number of hydrogen-bond acceptors (Lipinski definition) is 3. The Hall–Kier alpha value is -1.12. The summed E-state index contributed by atoms with van der Waals surface area (Å²) < 4.78 is 0. The molecule has 1 aromatic heterocycles. The highest BCUT2D eigenvalue weighted by atomic mass is 16.3. The lowest BCUT2D eigenvalue weighted by Gasteiger charge is -2.24. The third-order valence-corrected chi connectivity index (χ3v) is 2.74. The van der Waals surface area contributed by atoms with Crippen molar-refractivity contribution in [3.05, 3.63) is 18.2 Å². The molecule has 0 aromatic carbocycles. The molecule has 1 aromatic rings. The van der Waals surface area contributed by atoms with Crippen molar-refractivity contribution in [2.24, 2.45) is 0 Å². The molecule has 13 heavy (non-hydrogen) atoms. The van der Waals surface area contributed by atoms with Crippen molar-refractivity contribution in [1.29, 1.82) is 0 Å². The van der Waals surface area contributed by atoms with Crippen molar-refractivity contribution < 1.29 is 5.11 Å². The zero-order valence-electron chi connectivity index (χ0n) is 8.41. The first kappa shape index (κ1) is 9.96. The highest BCUT2D eigenvalue weighted by Crippen LogP contribution is 2.27. The molecule has 0 amide bonds. The first-order valence-corrected chi connectivity index (χ1v) is 4.64. The van der Waals surface area contributed by atoms with Gasteiger partial charge >= 0.3 is 0 Å². The highest BCUT2D eigenvalue weighted by molar-refractivity contribution is 5.13. The van der Waals surface area contributed by atoms with E-state index in [4.69, 9.17) is 5.11 Å². The van der Waals surface area contributed by atoms with Gasteiger partial charge in [0.25, 0.3) is 0 Å². The average molecular weight is 180 g/mol. The summed E-state index contributed by atoms with van der Waals surface area (Å²) in [5, 5.41) is 9.04. The number of rotatable bonds is 3. The van der Waals surface area contributed by atoms with Gasteiger partial charge in [-0.2, -0.15) is 0 Å². The summed E-state index contributed by atoms with van der Waals surface area (Å²) in [6.07, 6.45) is 4.92. The molecule has 0 radical (unpaired) electrons. The van der Waals surface area contributed by atoms with Crippen LogP contribution in [0.3, 0.4) is 0 Å². The zero-order valence-corrected chi connectivity index (χ0v) is 8.41. The molecule has 0 aliphatic rings. The number of nitrogens with zero attached hydrogens (tertiary/aromatic N) is 2. The molecule has 1 rings (SSSR count). The van der Waals surface area contributed by atoms with Crippen molar-refractivity contribution in [3.8, 4) is 5.75 Å². The molecule has 0 saturated carbocycles. The van der Waals surface area contributed by atoms with E-state index in [1.165, 1.54) is 12.4 Å². The van der Waals surface area contributed by atoms with Crippen LogP contribution in [0.25, 0.3) is 0 Å². The van der Waals surface area contributed by atoms with E-state index in [9.17, 15) is 0 Å². The van der Waals surface area contributed by atoms with Gasteiger partial charge in [0.2, 0.25) is 0 Å². The molecule has 0 bridgehead atoms. The number of aromatic nitrogens is 2. The maximum Gasteiger partial charge on any atom is 0.152 e. The Morgan fingerprint density at radius 1 is 1.23 bits per heavy atom. The zero-order chi connectivity index (χ0) is 9.90. The van der Waals surface area contributed by atoms with Crippen LogP contribution in [0.2, 0.25) is 0 Å². The second-order valence-corrected chi connectivity index (χ2v) is 3.53. The summed E-state index contributed by atoms with van der Waals surface area (Å²) in [7, 11) is 0. The smallest absolute Gasteiger partial charge is 0.152 e. The second kappa shape index (κ2) is 3.73. The summed E-state index contributed by atoms with van der Waals surface area (Å²) in [5.41, 5.74) is 0.0354. The molecule has 0 aliphatic heterocycles. The van der Waals surface area contributed by atoms with Gasteiger partial charge in [-0.05, 0) is 12.8 Å². The van der Waals surface area contributed by atoms with E-state index in [1.54, 1.807) is 0 Å². The summed E-state index contributed by atoms with van der Waals surface area (Å²) >= 11 is 0. The minimum atomic E-state index is 0.0354. The van der Waals surface area contributed by atoms with Crippen LogP contribution >= 0.6 is 0 Å². The quantitative estimate of drug-likeness (QED) is 0.776. The lowest BCUT2D eigenvalue weighted by atomic mass is 9.84. The molecule has 0 unspecified atom stereocenters. The van der Waals surface area contributed by atoms with Crippen LogP contribution in [-0.4, -0.2) is 15.1 Å². The minimum absolute atomic E-state index is 0.0354. The van der Waals surface area contributed by atoms with E-state index in [2.05, 4.69) is 30.7 Å². The maximum atomic E-state index is 9.04. The maximum absolute atomic E-state index is 9.04. The van der Waals surface area contributed by atoms with Crippen molar-refractivity contribution in [3.63, 3.8) is 0 Å². The van der Waals surface area contributed by atoms with Crippen LogP contribution in [0.1, 0.15) is 39.4 Å². The molecule has 0 aliphatic carbocycles. The van der Waals surface area contributed by atoms with E-state index >= 15 is 0 Å². The molecule has 72 valence electrons. The van der Waals surface area contributed by atoms with Crippen molar-refractivity contribution in [2.45, 2.75) is 39.0 Å². The highest BCUT2D eigenvalue weighted by Gasteiger charge is 2.25. The fourth-order valence-electron chi connectivity index (χ4n) is 1.20. The van der Waals surface area contributed by atoms with E-state index < -0.39 is 0 Å². The summed E-state index contributed by atoms with van der Waals surface area (Å²) in [6, 6.07) is 0. The molecule has 3 heteroatoms. The Morgan fingerprint density at radius 2 is 1.69 bits per heavy atom. The van der Waals surface area contributed by atoms with Crippen LogP contribution < -0.4 is 0 Å². The summed E-state index contributed by atoms with van der Waals surface area (Å²) in [5.74, 6) is 0.939. The average Bonchev–Trinajstić information content (AvgIpc) is 2.18. The van der Waals surface area contributed by atoms with Gasteiger partial charge in [0.1, 0.15) is 5.82 Å². The molecule has 1 N–H and O–H groups in total. The third-order valence-electron chi connectivity index (χ3n) is 2.74. The van der Waals surface area contributed by atoms with Crippen LogP contribution in [0, 0.1) is 0 Å². The molecule has 0 atom stereocenters. The second-order valence-electron chi connectivity index (χ2n) is 3.53. The van der Waals surface area contributed by atoms with Crippen LogP contribution in [0.5, 0.6) is 5.75 Å². The molecular weight excluding hydrogens is 164 g/mol. The molecule has 1 heterocycles. The predicted molar refractivity (Wildman–Crippen MR) is 51.6 cm³/mol. The molecule has 0 fully saturated rings. The molecule has 0 saturated heterocycles. The summed E-state index contributed by atoms with van der Waals surface area (Å²) in [4.78, 5) is 8.26. The fourth-order valence-corrected chi connectivity index (χ4v) is 1.20. The van der Waals surface area contributed by atoms with E-state index in [1.807, 2.05) is 0 Å². The van der Waals surface area contributed by atoms with E-state index in [0.29, 0.717) is 0 Å². The lowest BCUT2D eigenvalue weighted by molar-refractivity contribution is 0.405. The van der Waals surface area contributed by atoms with Gasteiger partial charge in [0.15, 0.2) is 5.75 Å². The van der Waals surface area contributed by atoms with E-state index in [-0.39, 0.29) is 11.2 Å². The van der Waals surface area contributed by atoms with Crippen LogP contribution in [-0.2, 0) is 5.41 Å². The molecule has 3 nitrogen and oxygen atoms in total. The van der Waals surface area contributed by atoms with Gasteiger partial charge < -0.3 is 5.11 Å². The standard InChI is InChI=1S/C10H16N2O/c1-4-10(3,5-2)9-11-6-8(13)7-12-9/h6-7,13H,4-5H2,1-3H3. The monoisotopic (exact) mass is 180 g/mol. The van der Waals surface area contributed by atoms with Crippen molar-refractivity contribution in [1.82, 2.24) is 9.97 Å². The fraction of sp³-hybridized carbons (Fsp3) is 0.600. The third kappa shape index (κ3) is 1.97. The van der Waals surface area contributed by atoms with Crippen LogP contribution in [0.15, 0.2) is 12.4 Å². The Balaban J connectivity index is 2.99. The van der Waals surface area contributed by atoms with Crippen LogP contribution in [0.4, 0.5) is 0 Å². The minimum Gasteiger partial charge on any atom is -0.505 e. The van der Waals surface area contributed by atoms with Crippen molar-refractivity contribution in [2.75, 3.05) is 0 Å². The number of hydrogen-bond donors (Lipinski definition) is 1. The van der Waals surface area contributed by atoms with Gasteiger partial charge in [0.05, 0.1) is 12.4 Å². The van der Waals surface area contributed by atoms with Gasteiger partial charge in [-0.1, -0.05) is 20.8 Å². The molecule has 0 spiro atoms. The Kier molecular flexibility index (Phi) is 2.86. The largest absolute Gasteiger partial charge is 0.505 e. The van der Waals surface area contributed by atoms with Gasteiger partial charge in [-0.25, -0.2) is 9.97 Å². The van der Waals surface area contributed by atoms with Gasteiger partial charge in [0, 0.05) is 5.41 Å². The predicted octanol–water partition coefficient (Wildman–Crippen LogP) is 2.26. The lowest BCUT2D eigenvalue weighted by Crippen LogP contribution is -2.22. The first-order valence-electron chi connectivity index (χ1n) is 4.64. The normalized spacial score (nSPS) is 11.6. The van der Waals surface area contributed by atoms with E-state index in [0.717, 1.165) is 18.7 Å². The van der Waals surface area contributed by atoms with Gasteiger partial charge in [-0.15, -0.1) is 0 Å².